The van der Waals surface area contributed by atoms with Crippen molar-refractivity contribution in [3.05, 3.63) is 106 Å². The topological polar surface area (TPSA) is 46.2 Å². The monoisotopic (exact) mass is 357 g/mol. The summed E-state index contributed by atoms with van der Waals surface area (Å²) in [6.45, 7) is 0. The van der Waals surface area contributed by atoms with E-state index in [0.29, 0.717) is 21.2 Å². The van der Waals surface area contributed by atoms with E-state index in [1.807, 2.05) is 30.3 Å². The van der Waals surface area contributed by atoms with Crippen LogP contribution in [-0.4, -0.2) is 5.11 Å². The second kappa shape index (κ2) is 6.96. The maximum Gasteiger partial charge on any atom is 0.134 e. The first-order valence-electron chi connectivity index (χ1n) is 7.57. The lowest BCUT2D eigenvalue weighted by Gasteiger charge is -2.35. The Morgan fingerprint density at radius 1 is 0.708 bits per heavy atom. The molecule has 0 fully saturated rings. The molecule has 0 aliphatic carbocycles. The lowest BCUT2D eigenvalue weighted by molar-refractivity contribution is 0.0512. The zero-order valence-corrected chi connectivity index (χ0v) is 14.4. The fourth-order valence-corrected chi connectivity index (χ4v) is 3.09. The summed E-state index contributed by atoms with van der Waals surface area (Å²) in [6.07, 6.45) is 0. The van der Waals surface area contributed by atoms with Crippen molar-refractivity contribution in [2.24, 2.45) is 5.73 Å². The van der Waals surface area contributed by atoms with Crippen molar-refractivity contribution in [3.8, 4) is 0 Å². The largest absolute Gasteiger partial charge is 0.378 e. The Morgan fingerprint density at radius 3 is 1.54 bits per heavy atom. The van der Waals surface area contributed by atoms with Gasteiger partial charge in [-0.1, -0.05) is 77.8 Å². The van der Waals surface area contributed by atoms with Crippen LogP contribution >= 0.6 is 23.2 Å². The molecule has 0 heterocycles. The second-order valence-corrected chi connectivity index (χ2v) is 6.54. The molecule has 0 aliphatic rings. The fraction of sp³-hybridized carbons (Fsp3) is 0.100. The molecule has 3 N–H and O–H groups in total. The lowest BCUT2D eigenvalue weighted by Crippen LogP contribution is -2.39. The Balaban J connectivity index is 2.16. The SMILES string of the molecule is N[C@@H](c1ccccc1)C(O)(c1ccc(Cl)cc1)c1ccc(Cl)cc1. The first-order chi connectivity index (χ1) is 11.5. The summed E-state index contributed by atoms with van der Waals surface area (Å²) in [7, 11) is 0. The molecule has 4 heteroatoms. The van der Waals surface area contributed by atoms with Crippen LogP contribution in [-0.2, 0) is 5.60 Å². The number of benzene rings is 3. The van der Waals surface area contributed by atoms with E-state index in [2.05, 4.69) is 0 Å². The minimum Gasteiger partial charge on any atom is -0.378 e. The second-order valence-electron chi connectivity index (χ2n) is 5.67. The summed E-state index contributed by atoms with van der Waals surface area (Å²) in [5, 5.41) is 12.9. The average Bonchev–Trinajstić information content (AvgIpc) is 2.62. The highest BCUT2D eigenvalue weighted by atomic mass is 35.5. The van der Waals surface area contributed by atoms with Gasteiger partial charge in [0.25, 0.3) is 0 Å². The molecule has 3 aromatic carbocycles. The van der Waals surface area contributed by atoms with Gasteiger partial charge in [0.2, 0.25) is 0 Å². The van der Waals surface area contributed by atoms with E-state index in [1.165, 1.54) is 0 Å². The van der Waals surface area contributed by atoms with Crippen LogP contribution < -0.4 is 5.73 Å². The molecule has 0 bridgehead atoms. The van der Waals surface area contributed by atoms with Gasteiger partial charge in [-0.15, -0.1) is 0 Å². The normalized spacial score (nSPS) is 12.8. The van der Waals surface area contributed by atoms with Gasteiger partial charge in [0.05, 0.1) is 6.04 Å². The van der Waals surface area contributed by atoms with Gasteiger partial charge in [-0.2, -0.15) is 0 Å². The van der Waals surface area contributed by atoms with Crippen LogP contribution in [0.5, 0.6) is 0 Å². The van der Waals surface area contributed by atoms with Gasteiger partial charge < -0.3 is 10.8 Å². The van der Waals surface area contributed by atoms with Crippen molar-refractivity contribution in [1.29, 1.82) is 0 Å². The average molecular weight is 358 g/mol. The number of nitrogens with two attached hydrogens (primary N) is 1. The van der Waals surface area contributed by atoms with E-state index in [9.17, 15) is 5.11 Å². The number of rotatable bonds is 4. The predicted octanol–water partition coefficient (Wildman–Crippen LogP) is 4.93. The predicted molar refractivity (Wildman–Crippen MR) is 99.3 cm³/mol. The van der Waals surface area contributed by atoms with Crippen LogP contribution in [0.3, 0.4) is 0 Å². The van der Waals surface area contributed by atoms with Crippen molar-refractivity contribution >= 4 is 23.2 Å². The minimum absolute atomic E-state index is 0.602. The van der Waals surface area contributed by atoms with E-state index in [4.69, 9.17) is 28.9 Å². The van der Waals surface area contributed by atoms with Gasteiger partial charge in [0, 0.05) is 10.0 Å². The maximum atomic E-state index is 11.6. The summed E-state index contributed by atoms with van der Waals surface area (Å²) in [5.41, 5.74) is 7.27. The molecule has 24 heavy (non-hydrogen) atoms. The molecule has 3 aromatic rings. The number of halogens is 2. The Labute approximate surface area is 151 Å². The molecule has 0 spiro atoms. The molecule has 0 saturated heterocycles. The first-order valence-corrected chi connectivity index (χ1v) is 8.32. The fourth-order valence-electron chi connectivity index (χ4n) is 2.84. The van der Waals surface area contributed by atoms with E-state index < -0.39 is 11.6 Å². The van der Waals surface area contributed by atoms with E-state index >= 15 is 0 Å². The highest BCUT2D eigenvalue weighted by Crippen LogP contribution is 2.40. The molecular formula is C20H17Cl2NO. The molecule has 122 valence electrons. The van der Waals surface area contributed by atoms with Crippen LogP contribution in [0.4, 0.5) is 0 Å². The van der Waals surface area contributed by atoms with Crippen LogP contribution in [0.25, 0.3) is 0 Å². The lowest BCUT2D eigenvalue weighted by atomic mass is 9.78. The van der Waals surface area contributed by atoms with Crippen LogP contribution in [0.15, 0.2) is 78.9 Å². The number of hydrogen-bond acceptors (Lipinski definition) is 2. The molecular weight excluding hydrogens is 341 g/mol. The molecule has 3 rings (SSSR count). The minimum atomic E-state index is -1.41. The Kier molecular flexibility index (Phi) is 4.93. The molecule has 0 aliphatic heterocycles. The summed E-state index contributed by atoms with van der Waals surface area (Å²) >= 11 is 12.0. The van der Waals surface area contributed by atoms with E-state index in [0.717, 1.165) is 5.56 Å². The molecule has 2 nitrogen and oxygen atoms in total. The third-order valence-electron chi connectivity index (χ3n) is 4.18. The van der Waals surface area contributed by atoms with Gasteiger partial charge in [0.15, 0.2) is 0 Å². The van der Waals surface area contributed by atoms with Gasteiger partial charge in [-0.05, 0) is 41.0 Å². The standard InChI is InChI=1S/C20H17Cl2NO/c21-17-10-6-15(7-11-17)20(24,16-8-12-18(22)13-9-16)19(23)14-4-2-1-3-5-14/h1-13,19,24H,23H2/t19-/m0/s1. The molecule has 1 atom stereocenters. The quantitative estimate of drug-likeness (QED) is 0.695. The Bertz CT molecular complexity index is 756. The van der Waals surface area contributed by atoms with Crippen molar-refractivity contribution < 1.29 is 5.11 Å². The van der Waals surface area contributed by atoms with Crippen LogP contribution in [0.2, 0.25) is 10.0 Å². The van der Waals surface area contributed by atoms with Crippen molar-refractivity contribution in [2.75, 3.05) is 0 Å². The van der Waals surface area contributed by atoms with Gasteiger partial charge >= 0.3 is 0 Å². The summed E-state index contributed by atoms with van der Waals surface area (Å²) in [6, 6.07) is 23.0. The number of hydrogen-bond donors (Lipinski definition) is 2. The molecule has 0 radical (unpaired) electrons. The van der Waals surface area contributed by atoms with Gasteiger partial charge in [0.1, 0.15) is 5.60 Å². The number of aliphatic hydroxyl groups is 1. The Hall–Kier alpha value is -1.84. The molecule has 0 aromatic heterocycles. The van der Waals surface area contributed by atoms with Crippen molar-refractivity contribution in [1.82, 2.24) is 0 Å². The highest BCUT2D eigenvalue weighted by molar-refractivity contribution is 6.30. The summed E-state index contributed by atoms with van der Waals surface area (Å²) in [4.78, 5) is 0. The first kappa shape index (κ1) is 17.0. The summed E-state index contributed by atoms with van der Waals surface area (Å²) < 4.78 is 0. The third-order valence-corrected chi connectivity index (χ3v) is 4.68. The van der Waals surface area contributed by atoms with Crippen molar-refractivity contribution in [3.63, 3.8) is 0 Å². The third kappa shape index (κ3) is 3.19. The molecule has 0 saturated carbocycles. The van der Waals surface area contributed by atoms with Crippen LogP contribution in [0.1, 0.15) is 22.7 Å². The summed E-state index contributed by atoms with van der Waals surface area (Å²) in [5.74, 6) is 0. The molecule has 0 amide bonds. The smallest absolute Gasteiger partial charge is 0.134 e. The van der Waals surface area contributed by atoms with E-state index in [1.54, 1.807) is 48.5 Å². The maximum absolute atomic E-state index is 11.6. The molecule has 0 unspecified atom stereocenters. The van der Waals surface area contributed by atoms with Gasteiger partial charge in [-0.3, -0.25) is 0 Å². The van der Waals surface area contributed by atoms with Gasteiger partial charge in [-0.25, -0.2) is 0 Å². The zero-order valence-electron chi connectivity index (χ0n) is 12.9. The van der Waals surface area contributed by atoms with Crippen molar-refractivity contribution in [2.45, 2.75) is 11.6 Å². The zero-order chi connectivity index (χ0) is 17.2. The van der Waals surface area contributed by atoms with E-state index in [-0.39, 0.29) is 0 Å². The van der Waals surface area contributed by atoms with Crippen LogP contribution in [0, 0.1) is 0 Å². The Morgan fingerprint density at radius 2 is 1.12 bits per heavy atom. The highest BCUT2D eigenvalue weighted by Gasteiger charge is 2.39.